The standard InChI is InChI=1S/C16H16N4OS/c1-8-14-18-19-15(10-2-3-10)20(14)16-12(6-17-8)11-4-9(7-21)5-13(11)22-16/h6-10H,2-5H2,1H3. The molecule has 2 aliphatic carbocycles. The molecule has 0 aromatic carbocycles. The second-order valence-electron chi connectivity index (χ2n) is 6.51. The van der Waals surface area contributed by atoms with Gasteiger partial charge < -0.3 is 4.79 Å². The Labute approximate surface area is 132 Å². The van der Waals surface area contributed by atoms with Crippen molar-refractivity contribution in [3.05, 3.63) is 27.7 Å². The smallest absolute Gasteiger partial charge is 0.162 e. The summed E-state index contributed by atoms with van der Waals surface area (Å²) in [5.41, 5.74) is 2.51. The molecule has 1 aliphatic heterocycles. The number of carbonyl (C=O) groups is 1. The van der Waals surface area contributed by atoms with Gasteiger partial charge in [0.05, 0.1) is 0 Å². The summed E-state index contributed by atoms with van der Waals surface area (Å²) in [7, 11) is 0. The molecule has 2 unspecified atom stereocenters. The van der Waals surface area contributed by atoms with E-state index in [4.69, 9.17) is 0 Å². The molecule has 0 radical (unpaired) electrons. The van der Waals surface area contributed by atoms with E-state index in [9.17, 15) is 4.79 Å². The SMILES string of the molecule is CC1N=Cc2c(sc3c2CC(C=O)C3)-n2c(C3CC3)nnc21. The first-order valence-corrected chi connectivity index (χ1v) is 8.66. The van der Waals surface area contributed by atoms with E-state index in [1.54, 1.807) is 11.3 Å². The van der Waals surface area contributed by atoms with E-state index in [2.05, 4.69) is 26.7 Å². The van der Waals surface area contributed by atoms with Crippen LogP contribution in [-0.2, 0) is 17.6 Å². The lowest BCUT2D eigenvalue weighted by molar-refractivity contribution is -0.110. The summed E-state index contributed by atoms with van der Waals surface area (Å²) in [6, 6.07) is 0.0264. The van der Waals surface area contributed by atoms with E-state index in [0.29, 0.717) is 5.92 Å². The van der Waals surface area contributed by atoms with Crippen molar-refractivity contribution in [1.29, 1.82) is 0 Å². The molecule has 0 spiro atoms. The van der Waals surface area contributed by atoms with Gasteiger partial charge in [0.2, 0.25) is 0 Å². The van der Waals surface area contributed by atoms with Crippen LogP contribution in [0.5, 0.6) is 0 Å². The van der Waals surface area contributed by atoms with Gasteiger partial charge in [-0.2, -0.15) is 0 Å². The summed E-state index contributed by atoms with van der Waals surface area (Å²) in [6.45, 7) is 2.07. The third kappa shape index (κ3) is 1.64. The molecule has 0 amide bonds. The van der Waals surface area contributed by atoms with Crippen molar-refractivity contribution in [2.75, 3.05) is 0 Å². The van der Waals surface area contributed by atoms with Crippen LogP contribution in [0.2, 0.25) is 0 Å². The first-order valence-electron chi connectivity index (χ1n) is 7.85. The molecular weight excluding hydrogens is 296 g/mol. The molecule has 0 saturated heterocycles. The van der Waals surface area contributed by atoms with Gasteiger partial charge in [-0.1, -0.05) is 0 Å². The number of hydrogen-bond donors (Lipinski definition) is 0. The summed E-state index contributed by atoms with van der Waals surface area (Å²) >= 11 is 1.80. The largest absolute Gasteiger partial charge is 0.303 e. The van der Waals surface area contributed by atoms with Crippen LogP contribution in [0.4, 0.5) is 0 Å². The van der Waals surface area contributed by atoms with Crippen LogP contribution >= 0.6 is 11.3 Å². The molecule has 0 N–H and O–H groups in total. The molecule has 2 atom stereocenters. The van der Waals surface area contributed by atoms with Crippen LogP contribution in [0.3, 0.4) is 0 Å². The zero-order valence-electron chi connectivity index (χ0n) is 12.3. The second kappa shape index (κ2) is 4.35. The first kappa shape index (κ1) is 12.7. The van der Waals surface area contributed by atoms with Crippen molar-refractivity contribution in [2.45, 2.75) is 44.6 Å². The van der Waals surface area contributed by atoms with Gasteiger partial charge in [-0.05, 0) is 38.2 Å². The maximum Gasteiger partial charge on any atom is 0.162 e. The zero-order chi connectivity index (χ0) is 14.8. The predicted molar refractivity (Wildman–Crippen MR) is 84.2 cm³/mol. The number of nitrogens with zero attached hydrogens (tertiary/aromatic N) is 4. The third-order valence-corrected chi connectivity index (χ3v) is 6.13. The van der Waals surface area contributed by atoms with E-state index in [-0.39, 0.29) is 12.0 Å². The highest BCUT2D eigenvalue weighted by molar-refractivity contribution is 7.15. The molecule has 5 rings (SSSR count). The Morgan fingerprint density at radius 1 is 1.27 bits per heavy atom. The minimum Gasteiger partial charge on any atom is -0.303 e. The number of carbonyl (C=O) groups excluding carboxylic acids is 1. The highest BCUT2D eigenvalue weighted by atomic mass is 32.1. The first-order chi connectivity index (χ1) is 10.8. The lowest BCUT2D eigenvalue weighted by Crippen LogP contribution is -2.06. The number of hydrogen-bond acceptors (Lipinski definition) is 5. The molecule has 1 saturated carbocycles. The van der Waals surface area contributed by atoms with E-state index in [1.807, 2.05) is 6.21 Å². The summed E-state index contributed by atoms with van der Waals surface area (Å²) in [5.74, 6) is 2.74. The van der Waals surface area contributed by atoms with Crippen molar-refractivity contribution in [2.24, 2.45) is 10.9 Å². The molecule has 22 heavy (non-hydrogen) atoms. The van der Waals surface area contributed by atoms with Gasteiger partial charge in [-0.3, -0.25) is 9.56 Å². The van der Waals surface area contributed by atoms with Gasteiger partial charge in [0.1, 0.15) is 23.2 Å². The molecule has 2 aromatic heterocycles. The van der Waals surface area contributed by atoms with Gasteiger partial charge in [0.25, 0.3) is 0 Å². The Morgan fingerprint density at radius 2 is 2.09 bits per heavy atom. The topological polar surface area (TPSA) is 60.1 Å². The van der Waals surface area contributed by atoms with Crippen LogP contribution in [-0.4, -0.2) is 27.3 Å². The summed E-state index contributed by atoms with van der Waals surface area (Å²) in [5, 5.41) is 10.1. The summed E-state index contributed by atoms with van der Waals surface area (Å²) in [4.78, 5) is 17.1. The fourth-order valence-electron chi connectivity index (χ4n) is 3.52. The Hall–Kier alpha value is -1.82. The Kier molecular flexibility index (Phi) is 2.51. The Morgan fingerprint density at radius 3 is 2.86 bits per heavy atom. The highest BCUT2D eigenvalue weighted by Gasteiger charge is 2.36. The van der Waals surface area contributed by atoms with Crippen LogP contribution < -0.4 is 0 Å². The lowest BCUT2D eigenvalue weighted by Gasteiger charge is -2.09. The van der Waals surface area contributed by atoms with Crippen molar-refractivity contribution in [3.8, 4) is 5.00 Å². The van der Waals surface area contributed by atoms with E-state index >= 15 is 0 Å². The Balaban J connectivity index is 1.73. The van der Waals surface area contributed by atoms with Crippen molar-refractivity contribution >= 4 is 23.8 Å². The van der Waals surface area contributed by atoms with E-state index in [1.165, 1.54) is 33.8 Å². The normalized spacial score (nSPS) is 25.5. The van der Waals surface area contributed by atoms with Crippen molar-refractivity contribution in [1.82, 2.24) is 14.8 Å². The number of aliphatic imine (C=N–C) groups is 1. The molecular formula is C16H16N4OS. The predicted octanol–water partition coefficient (Wildman–Crippen LogP) is 2.61. The molecule has 0 bridgehead atoms. The molecule has 3 heterocycles. The van der Waals surface area contributed by atoms with Crippen LogP contribution in [0, 0.1) is 5.92 Å². The second-order valence-corrected chi connectivity index (χ2v) is 7.59. The fourth-order valence-corrected chi connectivity index (χ4v) is 4.93. The van der Waals surface area contributed by atoms with Crippen LogP contribution in [0.1, 0.15) is 59.4 Å². The fraction of sp³-hybridized carbons (Fsp3) is 0.500. The maximum absolute atomic E-state index is 11.1. The Bertz CT molecular complexity index is 814. The van der Waals surface area contributed by atoms with Gasteiger partial charge in [-0.15, -0.1) is 21.5 Å². The maximum atomic E-state index is 11.1. The summed E-state index contributed by atoms with van der Waals surface area (Å²) in [6.07, 6.45) is 7.22. The van der Waals surface area contributed by atoms with Crippen molar-refractivity contribution < 1.29 is 4.79 Å². The molecule has 2 aromatic rings. The average molecular weight is 312 g/mol. The van der Waals surface area contributed by atoms with Crippen LogP contribution in [0.15, 0.2) is 4.99 Å². The third-order valence-electron chi connectivity index (χ3n) is 4.88. The molecule has 3 aliphatic rings. The highest BCUT2D eigenvalue weighted by Crippen LogP contribution is 2.45. The number of aldehydes is 1. The van der Waals surface area contributed by atoms with Gasteiger partial charge in [0.15, 0.2) is 5.82 Å². The summed E-state index contributed by atoms with van der Waals surface area (Å²) < 4.78 is 2.25. The molecule has 112 valence electrons. The van der Waals surface area contributed by atoms with Gasteiger partial charge in [0, 0.05) is 28.5 Å². The molecule has 5 nitrogen and oxygen atoms in total. The van der Waals surface area contributed by atoms with Gasteiger partial charge >= 0.3 is 0 Å². The van der Waals surface area contributed by atoms with Gasteiger partial charge in [-0.25, -0.2) is 0 Å². The zero-order valence-corrected chi connectivity index (χ0v) is 13.1. The van der Waals surface area contributed by atoms with E-state index < -0.39 is 0 Å². The van der Waals surface area contributed by atoms with Crippen LogP contribution in [0.25, 0.3) is 5.00 Å². The minimum absolute atomic E-state index is 0.0264. The number of thiophene rings is 1. The molecule has 1 fully saturated rings. The van der Waals surface area contributed by atoms with Crippen molar-refractivity contribution in [3.63, 3.8) is 0 Å². The molecule has 6 heteroatoms. The monoisotopic (exact) mass is 312 g/mol. The lowest BCUT2D eigenvalue weighted by atomic mass is 10.1. The number of aromatic nitrogens is 3. The minimum atomic E-state index is 0.0264. The number of fused-ring (bicyclic) bond motifs is 5. The quantitative estimate of drug-likeness (QED) is 0.801. The van der Waals surface area contributed by atoms with E-state index in [0.717, 1.165) is 30.8 Å². The number of rotatable bonds is 2. The average Bonchev–Trinajstić information content (AvgIpc) is 3.05.